The molecule has 1 N–H and O–H groups in total. The Kier molecular flexibility index (Phi) is 6.98. The lowest BCUT2D eigenvalue weighted by molar-refractivity contribution is 0.292. The van der Waals surface area contributed by atoms with Crippen molar-refractivity contribution in [1.29, 1.82) is 0 Å². The average Bonchev–Trinajstić information content (AvgIpc) is 2.79. The molecule has 0 fully saturated rings. The van der Waals surface area contributed by atoms with Crippen LogP contribution >= 0.6 is 0 Å². The molecule has 1 aromatic heterocycles. The monoisotopic (exact) mass is 252 g/mol. The van der Waals surface area contributed by atoms with Gasteiger partial charge in [0.25, 0.3) is 0 Å². The molecule has 1 heterocycles. The van der Waals surface area contributed by atoms with Gasteiger partial charge < -0.3 is 14.8 Å². The number of aromatic nitrogens is 2. The van der Waals surface area contributed by atoms with Crippen LogP contribution in [-0.4, -0.2) is 40.1 Å². The van der Waals surface area contributed by atoms with E-state index >= 15 is 0 Å². The molecule has 18 heavy (non-hydrogen) atoms. The average molecular weight is 252 g/mol. The van der Waals surface area contributed by atoms with E-state index in [1.54, 1.807) is 0 Å². The molecule has 0 aliphatic carbocycles. The van der Waals surface area contributed by atoms with Gasteiger partial charge in [0.2, 0.25) is 0 Å². The van der Waals surface area contributed by atoms with Crippen molar-refractivity contribution in [3.8, 4) is 0 Å². The fraction of sp³-hybridized carbons (Fsp3) is 0.786. The molecule has 4 heteroatoms. The third kappa shape index (κ3) is 5.19. The SMILES string of the molecule is CCN(CC)CCCn1cncc1CNC(C)C. The summed E-state index contributed by atoms with van der Waals surface area (Å²) >= 11 is 0. The van der Waals surface area contributed by atoms with Crippen molar-refractivity contribution in [2.75, 3.05) is 19.6 Å². The molecule has 0 bridgehead atoms. The Labute approximate surface area is 111 Å². The first-order chi connectivity index (χ1) is 8.67. The van der Waals surface area contributed by atoms with Gasteiger partial charge in [0.05, 0.1) is 12.0 Å². The van der Waals surface area contributed by atoms with Gasteiger partial charge in [-0.1, -0.05) is 27.7 Å². The minimum Gasteiger partial charge on any atom is -0.333 e. The van der Waals surface area contributed by atoms with E-state index in [1.165, 1.54) is 18.7 Å². The minimum absolute atomic E-state index is 0.518. The predicted molar refractivity (Wildman–Crippen MR) is 76.6 cm³/mol. The van der Waals surface area contributed by atoms with Gasteiger partial charge in [0.15, 0.2) is 0 Å². The third-order valence-corrected chi connectivity index (χ3v) is 3.26. The van der Waals surface area contributed by atoms with Crippen LogP contribution in [-0.2, 0) is 13.1 Å². The summed E-state index contributed by atoms with van der Waals surface area (Å²) in [5, 5.41) is 3.44. The summed E-state index contributed by atoms with van der Waals surface area (Å²) in [5.74, 6) is 0. The second-order valence-electron chi connectivity index (χ2n) is 4.99. The molecule has 0 unspecified atom stereocenters. The zero-order chi connectivity index (χ0) is 13.4. The fourth-order valence-electron chi connectivity index (χ4n) is 2.01. The Morgan fingerprint density at radius 2 is 2.06 bits per heavy atom. The second-order valence-corrected chi connectivity index (χ2v) is 4.99. The van der Waals surface area contributed by atoms with Crippen LogP contribution in [0.5, 0.6) is 0 Å². The molecule has 0 aromatic carbocycles. The maximum absolute atomic E-state index is 4.25. The highest BCUT2D eigenvalue weighted by atomic mass is 15.1. The van der Waals surface area contributed by atoms with Crippen LogP contribution in [0.3, 0.4) is 0 Å². The standard InChI is InChI=1S/C14H28N4/c1-5-17(6-2)8-7-9-18-12-15-10-14(18)11-16-13(3)4/h10,12-13,16H,5-9,11H2,1-4H3. The zero-order valence-electron chi connectivity index (χ0n) is 12.3. The summed E-state index contributed by atoms with van der Waals surface area (Å²) in [4.78, 5) is 6.71. The summed E-state index contributed by atoms with van der Waals surface area (Å²) in [6.45, 7) is 14.2. The minimum atomic E-state index is 0.518. The van der Waals surface area contributed by atoms with Crippen molar-refractivity contribution in [2.45, 2.75) is 53.2 Å². The van der Waals surface area contributed by atoms with Crippen LogP contribution in [0.25, 0.3) is 0 Å². The number of hydrogen-bond donors (Lipinski definition) is 1. The van der Waals surface area contributed by atoms with Gasteiger partial charge in [-0.2, -0.15) is 0 Å². The van der Waals surface area contributed by atoms with E-state index in [2.05, 4.69) is 47.5 Å². The normalized spacial score (nSPS) is 11.7. The number of imidazole rings is 1. The van der Waals surface area contributed by atoms with Crippen LogP contribution in [0.1, 0.15) is 39.8 Å². The summed E-state index contributed by atoms with van der Waals surface area (Å²) in [6, 6.07) is 0.518. The summed E-state index contributed by atoms with van der Waals surface area (Å²) in [5.41, 5.74) is 1.28. The van der Waals surface area contributed by atoms with Crippen LogP contribution in [0.15, 0.2) is 12.5 Å². The fourth-order valence-corrected chi connectivity index (χ4v) is 2.01. The van der Waals surface area contributed by atoms with Crippen molar-refractivity contribution in [3.05, 3.63) is 18.2 Å². The molecule has 0 radical (unpaired) electrons. The summed E-state index contributed by atoms with van der Waals surface area (Å²) in [7, 11) is 0. The van der Waals surface area contributed by atoms with E-state index in [-0.39, 0.29) is 0 Å². The molecule has 0 spiro atoms. The Morgan fingerprint density at radius 3 is 2.67 bits per heavy atom. The number of aryl methyl sites for hydroxylation is 1. The lowest BCUT2D eigenvalue weighted by atomic mass is 10.3. The molecule has 0 amide bonds. The topological polar surface area (TPSA) is 33.1 Å². The highest BCUT2D eigenvalue weighted by Gasteiger charge is 2.04. The Balaban J connectivity index is 2.35. The smallest absolute Gasteiger partial charge is 0.0948 e. The highest BCUT2D eigenvalue weighted by Crippen LogP contribution is 2.02. The summed E-state index contributed by atoms with van der Waals surface area (Å²) in [6.07, 6.45) is 5.10. The predicted octanol–water partition coefficient (Wildman–Crippen LogP) is 2.11. The number of nitrogens with zero attached hydrogens (tertiary/aromatic N) is 3. The first kappa shape index (κ1) is 15.2. The maximum atomic E-state index is 4.25. The lowest BCUT2D eigenvalue weighted by Crippen LogP contribution is -2.26. The van der Waals surface area contributed by atoms with Crippen molar-refractivity contribution in [1.82, 2.24) is 19.8 Å². The van der Waals surface area contributed by atoms with Crippen molar-refractivity contribution in [3.63, 3.8) is 0 Å². The van der Waals surface area contributed by atoms with E-state index in [4.69, 9.17) is 0 Å². The highest BCUT2D eigenvalue weighted by molar-refractivity contribution is 4.98. The molecule has 104 valence electrons. The summed E-state index contributed by atoms with van der Waals surface area (Å²) < 4.78 is 2.26. The first-order valence-corrected chi connectivity index (χ1v) is 7.12. The molecule has 0 aliphatic rings. The van der Waals surface area contributed by atoms with E-state index in [0.717, 1.165) is 26.2 Å². The lowest BCUT2D eigenvalue weighted by Gasteiger charge is -2.18. The van der Waals surface area contributed by atoms with Crippen molar-refractivity contribution < 1.29 is 0 Å². The van der Waals surface area contributed by atoms with Crippen LogP contribution in [0, 0.1) is 0 Å². The Hall–Kier alpha value is -0.870. The van der Waals surface area contributed by atoms with Crippen LogP contribution < -0.4 is 5.32 Å². The van der Waals surface area contributed by atoms with E-state index in [9.17, 15) is 0 Å². The Morgan fingerprint density at radius 1 is 1.33 bits per heavy atom. The number of nitrogens with one attached hydrogen (secondary N) is 1. The molecular formula is C14H28N4. The maximum Gasteiger partial charge on any atom is 0.0948 e. The van der Waals surface area contributed by atoms with Crippen molar-refractivity contribution in [2.24, 2.45) is 0 Å². The van der Waals surface area contributed by atoms with Gasteiger partial charge in [-0.3, -0.25) is 0 Å². The molecule has 1 aromatic rings. The van der Waals surface area contributed by atoms with Gasteiger partial charge in [-0.05, 0) is 26.1 Å². The van der Waals surface area contributed by atoms with Gasteiger partial charge >= 0.3 is 0 Å². The first-order valence-electron chi connectivity index (χ1n) is 7.12. The molecule has 0 aliphatic heterocycles. The van der Waals surface area contributed by atoms with E-state index < -0.39 is 0 Å². The number of hydrogen-bond acceptors (Lipinski definition) is 3. The number of rotatable bonds is 9. The van der Waals surface area contributed by atoms with Crippen LogP contribution in [0.4, 0.5) is 0 Å². The van der Waals surface area contributed by atoms with Gasteiger partial charge in [-0.15, -0.1) is 0 Å². The van der Waals surface area contributed by atoms with Crippen molar-refractivity contribution >= 4 is 0 Å². The molecule has 0 saturated heterocycles. The largest absolute Gasteiger partial charge is 0.333 e. The quantitative estimate of drug-likeness (QED) is 0.731. The molecule has 0 saturated carbocycles. The zero-order valence-corrected chi connectivity index (χ0v) is 12.3. The van der Waals surface area contributed by atoms with Gasteiger partial charge in [0.1, 0.15) is 0 Å². The molecular weight excluding hydrogens is 224 g/mol. The van der Waals surface area contributed by atoms with Gasteiger partial charge in [0, 0.05) is 25.3 Å². The molecule has 4 nitrogen and oxygen atoms in total. The van der Waals surface area contributed by atoms with Crippen LogP contribution in [0.2, 0.25) is 0 Å². The third-order valence-electron chi connectivity index (χ3n) is 3.26. The Bertz CT molecular complexity index is 315. The molecule has 1 rings (SSSR count). The molecule has 0 atom stereocenters. The van der Waals surface area contributed by atoms with E-state index in [1.807, 2.05) is 12.5 Å². The van der Waals surface area contributed by atoms with E-state index in [0.29, 0.717) is 6.04 Å². The second kappa shape index (κ2) is 8.27. The van der Waals surface area contributed by atoms with Gasteiger partial charge in [-0.25, -0.2) is 4.98 Å².